The molecule has 0 radical (unpaired) electrons. The second kappa shape index (κ2) is 4.26. The van der Waals surface area contributed by atoms with Crippen LogP contribution in [0, 0.1) is 11.6 Å². The summed E-state index contributed by atoms with van der Waals surface area (Å²) in [5, 5.41) is 3.27. The minimum atomic E-state index is -0.891. The summed E-state index contributed by atoms with van der Waals surface area (Å²) in [5.41, 5.74) is 0.208. The zero-order valence-corrected chi connectivity index (χ0v) is 10.3. The average Bonchev–Trinajstić information content (AvgIpc) is 2.23. The molecular weight excluding hydrogens is 224 g/mol. The van der Waals surface area contributed by atoms with Gasteiger partial charge in [0.2, 0.25) is 5.82 Å². The van der Waals surface area contributed by atoms with Gasteiger partial charge in [-0.25, -0.2) is 4.39 Å². The standard InChI is InChI=1S/C13H17F2NO/c1-4-16-10-7-13(2,3)17-12-8(10)5-6-9(14)11(12)15/h5-6,10,16H,4,7H2,1-3H3. The Labute approximate surface area is 100.0 Å². The first kappa shape index (κ1) is 12.3. The molecule has 0 saturated carbocycles. The van der Waals surface area contributed by atoms with Gasteiger partial charge in [-0.1, -0.05) is 13.0 Å². The smallest absolute Gasteiger partial charge is 0.200 e. The lowest BCUT2D eigenvalue weighted by molar-refractivity contribution is 0.0601. The third kappa shape index (κ3) is 2.27. The normalized spacial score (nSPS) is 21.8. The van der Waals surface area contributed by atoms with Crippen molar-refractivity contribution in [2.75, 3.05) is 6.54 Å². The van der Waals surface area contributed by atoms with E-state index in [1.54, 1.807) is 6.07 Å². The lowest BCUT2D eigenvalue weighted by Gasteiger charge is -2.38. The predicted octanol–water partition coefficient (Wildman–Crippen LogP) is 3.18. The van der Waals surface area contributed by atoms with Crippen LogP contribution in [0.3, 0.4) is 0 Å². The van der Waals surface area contributed by atoms with E-state index in [0.29, 0.717) is 5.56 Å². The van der Waals surface area contributed by atoms with Crippen LogP contribution < -0.4 is 10.1 Å². The summed E-state index contributed by atoms with van der Waals surface area (Å²) in [6, 6.07) is 2.75. The molecule has 1 aromatic carbocycles. The van der Waals surface area contributed by atoms with Gasteiger partial charge in [-0.05, 0) is 26.5 Å². The molecule has 1 aliphatic rings. The van der Waals surface area contributed by atoms with Crippen molar-refractivity contribution in [1.29, 1.82) is 0 Å². The van der Waals surface area contributed by atoms with E-state index in [4.69, 9.17) is 4.74 Å². The monoisotopic (exact) mass is 241 g/mol. The topological polar surface area (TPSA) is 21.3 Å². The highest BCUT2D eigenvalue weighted by Crippen LogP contribution is 2.41. The third-order valence-electron chi connectivity index (χ3n) is 2.98. The van der Waals surface area contributed by atoms with Gasteiger partial charge in [0.1, 0.15) is 5.60 Å². The first-order valence-corrected chi connectivity index (χ1v) is 5.85. The van der Waals surface area contributed by atoms with E-state index in [1.807, 2.05) is 20.8 Å². The number of ether oxygens (including phenoxy) is 1. The molecule has 1 N–H and O–H groups in total. The molecule has 0 bridgehead atoms. The molecular formula is C13H17F2NO. The van der Waals surface area contributed by atoms with Crippen LogP contribution >= 0.6 is 0 Å². The number of benzene rings is 1. The van der Waals surface area contributed by atoms with Crippen LogP contribution in [-0.4, -0.2) is 12.1 Å². The van der Waals surface area contributed by atoms with Crippen molar-refractivity contribution in [1.82, 2.24) is 5.32 Å². The Hall–Kier alpha value is -1.16. The molecule has 0 aliphatic carbocycles. The zero-order chi connectivity index (χ0) is 12.6. The molecule has 1 unspecified atom stereocenters. The molecule has 0 saturated heterocycles. The maximum atomic E-state index is 13.7. The van der Waals surface area contributed by atoms with Crippen LogP contribution in [0.25, 0.3) is 0 Å². The Balaban J connectivity index is 2.48. The highest BCUT2D eigenvalue weighted by molar-refractivity contribution is 5.40. The Bertz CT molecular complexity index is 432. The van der Waals surface area contributed by atoms with E-state index in [0.717, 1.165) is 19.0 Å². The van der Waals surface area contributed by atoms with Crippen molar-refractivity contribution >= 4 is 0 Å². The van der Waals surface area contributed by atoms with E-state index >= 15 is 0 Å². The van der Waals surface area contributed by atoms with E-state index in [9.17, 15) is 8.78 Å². The zero-order valence-electron chi connectivity index (χ0n) is 10.3. The quantitative estimate of drug-likeness (QED) is 0.858. The van der Waals surface area contributed by atoms with Gasteiger partial charge in [-0.15, -0.1) is 0 Å². The largest absolute Gasteiger partial charge is 0.484 e. The number of hydrogen-bond donors (Lipinski definition) is 1. The SMILES string of the molecule is CCNC1CC(C)(C)Oc2c1ccc(F)c2F. The van der Waals surface area contributed by atoms with Crippen molar-refractivity contribution < 1.29 is 13.5 Å². The molecule has 2 nitrogen and oxygen atoms in total. The summed E-state index contributed by atoms with van der Waals surface area (Å²) in [6.07, 6.45) is 0.735. The molecule has 94 valence electrons. The fourth-order valence-corrected chi connectivity index (χ4v) is 2.27. The van der Waals surface area contributed by atoms with Crippen molar-refractivity contribution in [3.8, 4) is 5.75 Å². The van der Waals surface area contributed by atoms with Gasteiger partial charge in [0.05, 0.1) is 0 Å². The third-order valence-corrected chi connectivity index (χ3v) is 2.98. The second-order valence-corrected chi connectivity index (χ2v) is 4.96. The minimum absolute atomic E-state index is 0.00819. The summed E-state index contributed by atoms with van der Waals surface area (Å²) in [7, 11) is 0. The Morgan fingerprint density at radius 1 is 1.41 bits per heavy atom. The van der Waals surface area contributed by atoms with E-state index < -0.39 is 17.2 Å². The number of halogens is 2. The average molecular weight is 241 g/mol. The molecule has 4 heteroatoms. The lowest BCUT2D eigenvalue weighted by Crippen LogP contribution is -2.40. The highest BCUT2D eigenvalue weighted by atomic mass is 19.2. The van der Waals surface area contributed by atoms with Crippen LogP contribution in [0.15, 0.2) is 12.1 Å². The first-order valence-electron chi connectivity index (χ1n) is 5.85. The molecule has 17 heavy (non-hydrogen) atoms. The lowest BCUT2D eigenvalue weighted by atomic mass is 9.89. The minimum Gasteiger partial charge on any atom is -0.484 e. The van der Waals surface area contributed by atoms with Gasteiger partial charge in [-0.3, -0.25) is 0 Å². The van der Waals surface area contributed by atoms with Gasteiger partial charge in [-0.2, -0.15) is 4.39 Å². The Morgan fingerprint density at radius 2 is 2.12 bits per heavy atom. The molecule has 1 atom stereocenters. The number of nitrogens with one attached hydrogen (secondary N) is 1. The van der Waals surface area contributed by atoms with Gasteiger partial charge < -0.3 is 10.1 Å². The van der Waals surface area contributed by atoms with Gasteiger partial charge in [0.15, 0.2) is 11.6 Å². The first-order chi connectivity index (χ1) is 7.94. The summed E-state index contributed by atoms with van der Waals surface area (Å²) >= 11 is 0. The second-order valence-electron chi connectivity index (χ2n) is 4.96. The molecule has 0 spiro atoms. The summed E-state index contributed by atoms with van der Waals surface area (Å²) < 4.78 is 32.5. The molecule has 1 aromatic rings. The van der Waals surface area contributed by atoms with Gasteiger partial charge in [0.25, 0.3) is 0 Å². The van der Waals surface area contributed by atoms with E-state index in [-0.39, 0.29) is 11.8 Å². The van der Waals surface area contributed by atoms with E-state index in [1.165, 1.54) is 0 Å². The molecule has 0 amide bonds. The van der Waals surface area contributed by atoms with Crippen molar-refractivity contribution in [3.63, 3.8) is 0 Å². The maximum absolute atomic E-state index is 13.7. The summed E-state index contributed by atoms with van der Waals surface area (Å²) in [6.45, 7) is 6.52. The summed E-state index contributed by atoms with van der Waals surface area (Å²) in [5.74, 6) is -1.71. The number of fused-ring (bicyclic) bond motifs is 1. The fourth-order valence-electron chi connectivity index (χ4n) is 2.27. The van der Waals surface area contributed by atoms with Crippen LogP contribution in [0.4, 0.5) is 8.78 Å². The van der Waals surface area contributed by atoms with Crippen LogP contribution in [0.5, 0.6) is 5.75 Å². The number of hydrogen-bond acceptors (Lipinski definition) is 2. The molecule has 1 aliphatic heterocycles. The maximum Gasteiger partial charge on any atom is 0.200 e. The number of rotatable bonds is 2. The molecule has 1 heterocycles. The van der Waals surface area contributed by atoms with Crippen LogP contribution in [0.2, 0.25) is 0 Å². The predicted molar refractivity (Wildman–Crippen MR) is 62.1 cm³/mol. The van der Waals surface area contributed by atoms with Crippen LogP contribution in [0.1, 0.15) is 38.8 Å². The molecule has 2 rings (SSSR count). The molecule has 0 fully saturated rings. The van der Waals surface area contributed by atoms with Crippen molar-refractivity contribution in [2.24, 2.45) is 0 Å². The van der Waals surface area contributed by atoms with Gasteiger partial charge in [0, 0.05) is 18.0 Å². The van der Waals surface area contributed by atoms with Crippen molar-refractivity contribution in [3.05, 3.63) is 29.3 Å². The highest BCUT2D eigenvalue weighted by Gasteiger charge is 2.35. The fraction of sp³-hybridized carbons (Fsp3) is 0.538. The Morgan fingerprint density at radius 3 is 2.76 bits per heavy atom. The van der Waals surface area contributed by atoms with Crippen LogP contribution in [-0.2, 0) is 0 Å². The van der Waals surface area contributed by atoms with Crippen molar-refractivity contribution in [2.45, 2.75) is 38.8 Å². The molecule has 0 aromatic heterocycles. The Kier molecular flexibility index (Phi) is 3.08. The van der Waals surface area contributed by atoms with E-state index in [2.05, 4.69) is 5.32 Å². The van der Waals surface area contributed by atoms with Gasteiger partial charge >= 0.3 is 0 Å². The summed E-state index contributed by atoms with van der Waals surface area (Å²) in [4.78, 5) is 0.